The predicted octanol–water partition coefficient (Wildman–Crippen LogP) is 3.36. The van der Waals surface area contributed by atoms with E-state index in [1.165, 1.54) is 31.2 Å². The average Bonchev–Trinajstić information content (AvgIpc) is 2.38. The van der Waals surface area contributed by atoms with Crippen molar-refractivity contribution in [2.45, 2.75) is 13.8 Å². The van der Waals surface area contributed by atoms with Gasteiger partial charge in [-0.1, -0.05) is 23.7 Å². The summed E-state index contributed by atoms with van der Waals surface area (Å²) in [4.78, 5) is 24.1. The van der Waals surface area contributed by atoms with E-state index >= 15 is 0 Å². The minimum absolute atomic E-state index is 0.0425. The molecule has 3 nitrogen and oxygen atoms in total. The molecule has 2 rings (SSSR count). The lowest BCUT2D eigenvalue weighted by molar-refractivity contribution is 0.101. The lowest BCUT2D eigenvalue weighted by Gasteiger charge is -2.15. The molecule has 5 heteroatoms. The number of nitrogens with zero attached hydrogens (tertiary/aromatic N) is 1. The molecule has 0 bridgehead atoms. The highest BCUT2D eigenvalue weighted by Gasteiger charge is 2.20. The molecule has 0 N–H and O–H groups in total. The predicted molar refractivity (Wildman–Crippen MR) is 76.8 cm³/mol. The van der Waals surface area contributed by atoms with Crippen LogP contribution in [0.5, 0.6) is 0 Å². The Hall–Kier alpha value is -1.94. The van der Waals surface area contributed by atoms with Gasteiger partial charge in [-0.05, 0) is 31.5 Å². The van der Waals surface area contributed by atoms with Crippen LogP contribution in [0.3, 0.4) is 0 Å². The van der Waals surface area contributed by atoms with Crippen molar-refractivity contribution in [3.8, 4) is 11.1 Å². The number of benzene rings is 1. The SMILES string of the molecule is CC(=O)c1c(Cl)n(C)c(C)c(-c2ccc(F)cc2)c1=O. The van der Waals surface area contributed by atoms with Crippen LogP contribution < -0.4 is 5.43 Å². The molecule has 2 aromatic rings. The zero-order valence-electron chi connectivity index (χ0n) is 11.3. The largest absolute Gasteiger partial charge is 0.338 e. The van der Waals surface area contributed by atoms with Crippen LogP contribution in [0.4, 0.5) is 4.39 Å². The number of hydrogen-bond donors (Lipinski definition) is 0. The zero-order valence-corrected chi connectivity index (χ0v) is 12.1. The van der Waals surface area contributed by atoms with Gasteiger partial charge < -0.3 is 4.57 Å². The first-order chi connectivity index (χ1) is 9.34. The second-order valence-electron chi connectivity index (χ2n) is 4.58. The molecule has 0 radical (unpaired) electrons. The summed E-state index contributed by atoms with van der Waals surface area (Å²) in [5, 5.41) is 0.117. The van der Waals surface area contributed by atoms with Crippen molar-refractivity contribution in [2.75, 3.05) is 0 Å². The molecule has 0 saturated heterocycles. The summed E-state index contributed by atoms with van der Waals surface area (Å²) in [5.74, 6) is -0.775. The van der Waals surface area contributed by atoms with Crippen LogP contribution in [0, 0.1) is 12.7 Å². The first-order valence-electron chi connectivity index (χ1n) is 6.00. The lowest BCUT2D eigenvalue weighted by atomic mass is 10.00. The van der Waals surface area contributed by atoms with Gasteiger partial charge in [-0.25, -0.2) is 4.39 Å². The molecular weight excluding hydrogens is 281 g/mol. The summed E-state index contributed by atoms with van der Waals surface area (Å²) < 4.78 is 14.6. The first-order valence-corrected chi connectivity index (χ1v) is 6.38. The Labute approximate surface area is 120 Å². The average molecular weight is 294 g/mol. The molecule has 1 heterocycles. The van der Waals surface area contributed by atoms with Crippen molar-refractivity contribution >= 4 is 17.4 Å². The molecule has 0 fully saturated rings. The molecule has 0 saturated carbocycles. The molecule has 0 spiro atoms. The molecule has 0 aliphatic rings. The molecule has 1 aromatic heterocycles. The van der Waals surface area contributed by atoms with E-state index in [2.05, 4.69) is 0 Å². The van der Waals surface area contributed by atoms with E-state index in [-0.39, 0.29) is 22.3 Å². The molecule has 0 atom stereocenters. The van der Waals surface area contributed by atoms with Crippen molar-refractivity contribution in [1.82, 2.24) is 4.57 Å². The van der Waals surface area contributed by atoms with Gasteiger partial charge in [0.1, 0.15) is 16.5 Å². The third-order valence-electron chi connectivity index (χ3n) is 3.30. The number of Topliss-reactive ketones (excluding diaryl/α,β-unsaturated/α-hetero) is 1. The van der Waals surface area contributed by atoms with Gasteiger partial charge >= 0.3 is 0 Å². The van der Waals surface area contributed by atoms with Gasteiger partial charge in [0.15, 0.2) is 5.78 Å². The van der Waals surface area contributed by atoms with Gasteiger partial charge in [0.05, 0.1) is 0 Å². The molecule has 0 aliphatic carbocycles. The fraction of sp³-hybridized carbons (Fsp3) is 0.200. The van der Waals surface area contributed by atoms with Gasteiger partial charge in [-0.3, -0.25) is 9.59 Å². The number of carbonyl (C=O) groups excluding carboxylic acids is 1. The minimum Gasteiger partial charge on any atom is -0.338 e. The Morgan fingerprint density at radius 2 is 1.80 bits per heavy atom. The molecule has 1 aromatic carbocycles. The molecule has 0 unspecified atom stereocenters. The van der Waals surface area contributed by atoms with Gasteiger partial charge in [0.2, 0.25) is 5.43 Å². The third-order valence-corrected chi connectivity index (χ3v) is 3.75. The number of pyridine rings is 1. The van der Waals surface area contributed by atoms with E-state index in [9.17, 15) is 14.0 Å². The Morgan fingerprint density at radius 3 is 2.30 bits per heavy atom. The Kier molecular flexibility index (Phi) is 3.77. The third kappa shape index (κ3) is 2.27. The molecule has 20 heavy (non-hydrogen) atoms. The number of aromatic nitrogens is 1. The summed E-state index contributed by atoms with van der Waals surface area (Å²) in [6, 6.07) is 5.57. The summed E-state index contributed by atoms with van der Waals surface area (Å²) in [6.45, 7) is 3.03. The smallest absolute Gasteiger partial charge is 0.201 e. The lowest BCUT2D eigenvalue weighted by Crippen LogP contribution is -2.22. The number of ketones is 1. The highest BCUT2D eigenvalue weighted by Crippen LogP contribution is 2.24. The maximum atomic E-state index is 13.0. The number of hydrogen-bond acceptors (Lipinski definition) is 2. The van der Waals surface area contributed by atoms with Gasteiger partial charge in [0, 0.05) is 18.3 Å². The van der Waals surface area contributed by atoms with Crippen molar-refractivity contribution in [3.63, 3.8) is 0 Å². The van der Waals surface area contributed by atoms with Crippen LogP contribution >= 0.6 is 11.6 Å². The van der Waals surface area contributed by atoms with Crippen molar-refractivity contribution < 1.29 is 9.18 Å². The van der Waals surface area contributed by atoms with Crippen molar-refractivity contribution in [2.24, 2.45) is 7.05 Å². The quantitative estimate of drug-likeness (QED) is 0.629. The summed E-state index contributed by atoms with van der Waals surface area (Å²) in [6.07, 6.45) is 0. The number of rotatable bonds is 2. The fourth-order valence-corrected chi connectivity index (χ4v) is 2.47. The highest BCUT2D eigenvalue weighted by molar-refractivity contribution is 6.33. The van der Waals surface area contributed by atoms with Crippen LogP contribution in [-0.2, 0) is 7.05 Å². The first kappa shape index (κ1) is 14.5. The van der Waals surface area contributed by atoms with Crippen LogP contribution in [0.1, 0.15) is 23.0 Å². The topological polar surface area (TPSA) is 39.1 Å². The van der Waals surface area contributed by atoms with E-state index in [4.69, 9.17) is 11.6 Å². The van der Waals surface area contributed by atoms with E-state index in [0.717, 1.165) is 0 Å². The van der Waals surface area contributed by atoms with Crippen molar-refractivity contribution in [3.05, 3.63) is 56.7 Å². The monoisotopic (exact) mass is 293 g/mol. The van der Waals surface area contributed by atoms with Crippen LogP contribution in [-0.4, -0.2) is 10.4 Å². The maximum Gasteiger partial charge on any atom is 0.201 e. The Balaban J connectivity index is 2.86. The second kappa shape index (κ2) is 5.21. The Bertz CT molecular complexity index is 748. The molecule has 0 amide bonds. The fourth-order valence-electron chi connectivity index (χ4n) is 2.13. The molecule has 0 aliphatic heterocycles. The number of carbonyl (C=O) groups is 1. The standard InChI is InChI=1S/C15H13ClFNO2/c1-8-12(10-4-6-11(17)7-5-10)14(20)13(9(2)19)15(16)18(8)3/h4-7H,1-3H3. The van der Waals surface area contributed by atoms with E-state index in [1.54, 1.807) is 18.5 Å². The van der Waals surface area contributed by atoms with Crippen molar-refractivity contribution in [1.29, 1.82) is 0 Å². The summed E-state index contributed by atoms with van der Waals surface area (Å²) >= 11 is 6.07. The summed E-state index contributed by atoms with van der Waals surface area (Å²) in [5.41, 5.74) is 1.08. The zero-order chi connectivity index (χ0) is 15.0. The highest BCUT2D eigenvalue weighted by atomic mass is 35.5. The van der Waals surface area contributed by atoms with Gasteiger partial charge in [-0.2, -0.15) is 0 Å². The second-order valence-corrected chi connectivity index (χ2v) is 4.94. The van der Waals surface area contributed by atoms with Gasteiger partial charge in [-0.15, -0.1) is 0 Å². The van der Waals surface area contributed by atoms with Gasteiger partial charge in [0.25, 0.3) is 0 Å². The molecule has 104 valence electrons. The minimum atomic E-state index is -0.426. The maximum absolute atomic E-state index is 13.0. The Morgan fingerprint density at radius 1 is 1.25 bits per heavy atom. The van der Waals surface area contributed by atoms with Crippen LogP contribution in [0.2, 0.25) is 5.15 Å². The van der Waals surface area contributed by atoms with E-state index < -0.39 is 5.43 Å². The van der Waals surface area contributed by atoms with E-state index in [0.29, 0.717) is 16.8 Å². The van der Waals surface area contributed by atoms with Crippen LogP contribution in [0.15, 0.2) is 29.1 Å². The van der Waals surface area contributed by atoms with E-state index in [1.807, 2.05) is 0 Å². The normalized spacial score (nSPS) is 10.7. The molecular formula is C15H13ClFNO2. The summed E-state index contributed by atoms with van der Waals surface area (Å²) in [7, 11) is 1.68. The van der Waals surface area contributed by atoms with Crippen LogP contribution in [0.25, 0.3) is 11.1 Å². The number of halogens is 2.